The predicted molar refractivity (Wildman–Crippen MR) is 101 cm³/mol. The van der Waals surface area contributed by atoms with E-state index < -0.39 is 0 Å². The highest BCUT2D eigenvalue weighted by atomic mass is 35.5. The molecule has 1 aliphatic rings. The van der Waals surface area contributed by atoms with Crippen LogP contribution in [0.25, 0.3) is 4.96 Å². The summed E-state index contributed by atoms with van der Waals surface area (Å²) in [6.45, 7) is 4.79. The molecular weight excluding hydrogens is 372 g/mol. The topological polar surface area (TPSA) is 76.4 Å². The van der Waals surface area contributed by atoms with E-state index >= 15 is 0 Å². The van der Waals surface area contributed by atoms with Crippen LogP contribution >= 0.6 is 22.9 Å². The van der Waals surface area contributed by atoms with Crippen molar-refractivity contribution in [3.05, 3.63) is 40.1 Å². The Morgan fingerprint density at radius 2 is 2.08 bits per heavy atom. The van der Waals surface area contributed by atoms with Gasteiger partial charge in [0.2, 0.25) is 4.96 Å². The number of ether oxygens (including phenoxy) is 1. The number of hydrogen-bond acceptors (Lipinski definition) is 7. The minimum absolute atomic E-state index is 0.204. The maximum atomic E-state index is 5.89. The molecule has 3 heterocycles. The van der Waals surface area contributed by atoms with Crippen LogP contribution in [0.5, 0.6) is 5.75 Å². The summed E-state index contributed by atoms with van der Waals surface area (Å²) in [5, 5.41) is 14.8. The summed E-state index contributed by atoms with van der Waals surface area (Å²) < 4.78 is 7.53. The molecule has 1 fully saturated rings. The monoisotopic (exact) mass is 392 g/mol. The van der Waals surface area contributed by atoms with Gasteiger partial charge in [-0.2, -0.15) is 9.61 Å². The van der Waals surface area contributed by atoms with E-state index in [2.05, 4.69) is 34.9 Å². The zero-order chi connectivity index (χ0) is 18.1. The van der Waals surface area contributed by atoms with E-state index in [1.807, 2.05) is 12.1 Å². The fourth-order valence-corrected chi connectivity index (χ4v) is 4.14. The van der Waals surface area contributed by atoms with E-state index in [-0.39, 0.29) is 6.04 Å². The largest absolute Gasteiger partial charge is 0.486 e. The van der Waals surface area contributed by atoms with Gasteiger partial charge in [-0.05, 0) is 43.0 Å². The smallest absolute Gasteiger partial charge is 0.234 e. The van der Waals surface area contributed by atoms with Crippen molar-refractivity contribution in [2.75, 3.05) is 0 Å². The maximum absolute atomic E-state index is 5.89. The second-order valence-corrected chi connectivity index (χ2v) is 8.32. The van der Waals surface area contributed by atoms with Crippen LogP contribution in [0.15, 0.2) is 24.3 Å². The van der Waals surface area contributed by atoms with Gasteiger partial charge in [-0.15, -0.1) is 10.2 Å². The first-order valence-electron chi connectivity index (χ1n) is 8.69. The third kappa shape index (κ3) is 3.83. The Morgan fingerprint density at radius 1 is 1.27 bits per heavy atom. The molecule has 1 aliphatic heterocycles. The molecule has 0 saturated carbocycles. The number of benzene rings is 1. The molecule has 3 aromatic rings. The highest BCUT2D eigenvalue weighted by molar-refractivity contribution is 7.16. The van der Waals surface area contributed by atoms with Crippen molar-refractivity contribution in [1.29, 1.82) is 0 Å². The normalized spacial score (nSPS) is 20.3. The lowest BCUT2D eigenvalue weighted by molar-refractivity contribution is 0.292. The zero-order valence-corrected chi connectivity index (χ0v) is 16.2. The van der Waals surface area contributed by atoms with Crippen molar-refractivity contribution < 1.29 is 4.74 Å². The molecule has 0 spiro atoms. The Balaban J connectivity index is 1.44. The van der Waals surface area contributed by atoms with Crippen molar-refractivity contribution in [2.45, 2.75) is 45.4 Å². The first-order valence-corrected chi connectivity index (χ1v) is 9.88. The Morgan fingerprint density at radius 3 is 2.85 bits per heavy atom. The number of aromatic nitrogens is 4. The van der Waals surface area contributed by atoms with E-state index in [4.69, 9.17) is 21.4 Å². The highest BCUT2D eigenvalue weighted by Crippen LogP contribution is 2.28. The molecule has 138 valence electrons. The minimum Gasteiger partial charge on any atom is -0.486 e. The van der Waals surface area contributed by atoms with Crippen LogP contribution in [0, 0.1) is 5.92 Å². The summed E-state index contributed by atoms with van der Waals surface area (Å²) in [5.41, 5.74) is 6.73. The quantitative estimate of drug-likeness (QED) is 0.669. The predicted octanol–water partition coefficient (Wildman–Crippen LogP) is 3.37. The highest BCUT2D eigenvalue weighted by Gasteiger charge is 2.28. The lowest BCUT2D eigenvalue weighted by Crippen LogP contribution is -2.31. The van der Waals surface area contributed by atoms with Gasteiger partial charge in [0.25, 0.3) is 0 Å². The molecule has 1 aromatic carbocycles. The average molecular weight is 393 g/mol. The van der Waals surface area contributed by atoms with Gasteiger partial charge in [-0.3, -0.25) is 5.43 Å². The summed E-state index contributed by atoms with van der Waals surface area (Å²) in [4.78, 5) is 0.781. The van der Waals surface area contributed by atoms with E-state index in [0.717, 1.165) is 28.6 Å². The number of fused-ring (bicyclic) bond motifs is 1. The molecule has 26 heavy (non-hydrogen) atoms. The van der Waals surface area contributed by atoms with Crippen molar-refractivity contribution >= 4 is 27.9 Å². The van der Waals surface area contributed by atoms with E-state index in [1.54, 1.807) is 28.0 Å². The van der Waals surface area contributed by atoms with Crippen molar-refractivity contribution in [2.24, 2.45) is 5.92 Å². The summed E-state index contributed by atoms with van der Waals surface area (Å²) in [7, 11) is 0. The summed E-state index contributed by atoms with van der Waals surface area (Å²) in [6, 6.07) is 7.93. The second-order valence-electron chi connectivity index (χ2n) is 6.90. The Labute approximate surface area is 160 Å². The Bertz CT molecular complexity index is 877. The molecule has 0 aliphatic carbocycles. The zero-order valence-electron chi connectivity index (χ0n) is 14.6. The number of rotatable bonds is 6. The van der Waals surface area contributed by atoms with Crippen LogP contribution in [0.2, 0.25) is 5.02 Å². The van der Waals surface area contributed by atoms with Gasteiger partial charge in [0.1, 0.15) is 17.4 Å². The fraction of sp³-hybridized carbons (Fsp3) is 0.471. The molecule has 1 saturated heterocycles. The molecule has 2 N–H and O–H groups in total. The number of halogens is 1. The fourth-order valence-electron chi connectivity index (χ4n) is 3.09. The third-order valence-corrected chi connectivity index (χ3v) is 5.55. The standard InChI is InChI=1S/C17H21ClN6OS/c1-10(2)7-12-8-14(20-19-12)16-23-24-15(21-22-17(24)26-16)9-25-13-5-3-11(18)4-6-13/h3-6,10,12,14,19-20H,7-9H2,1-2H3. The summed E-state index contributed by atoms with van der Waals surface area (Å²) >= 11 is 7.45. The van der Waals surface area contributed by atoms with Gasteiger partial charge in [-0.1, -0.05) is 36.8 Å². The molecule has 2 aromatic heterocycles. The lowest BCUT2D eigenvalue weighted by atomic mass is 10.0. The van der Waals surface area contributed by atoms with Crippen molar-refractivity contribution in [3.63, 3.8) is 0 Å². The van der Waals surface area contributed by atoms with Gasteiger partial charge in [-0.25, -0.2) is 5.43 Å². The SMILES string of the molecule is CC(C)CC1CC(c2nn3c(COc4ccc(Cl)cc4)nnc3s2)NN1. The molecule has 4 rings (SSSR count). The van der Waals surface area contributed by atoms with Gasteiger partial charge in [0.05, 0.1) is 6.04 Å². The summed E-state index contributed by atoms with van der Waals surface area (Å²) in [6.07, 6.45) is 2.17. The van der Waals surface area contributed by atoms with Crippen LogP contribution in [-0.4, -0.2) is 25.9 Å². The number of hydrogen-bond donors (Lipinski definition) is 2. The third-order valence-electron chi connectivity index (χ3n) is 4.29. The van der Waals surface area contributed by atoms with E-state index in [0.29, 0.717) is 29.4 Å². The average Bonchev–Trinajstić information content (AvgIpc) is 3.29. The van der Waals surface area contributed by atoms with Gasteiger partial charge < -0.3 is 4.74 Å². The molecule has 2 unspecified atom stereocenters. The molecule has 0 bridgehead atoms. The maximum Gasteiger partial charge on any atom is 0.234 e. The number of nitrogens with zero attached hydrogens (tertiary/aromatic N) is 4. The van der Waals surface area contributed by atoms with E-state index in [1.165, 1.54) is 0 Å². The van der Waals surface area contributed by atoms with Crippen LogP contribution < -0.4 is 15.6 Å². The number of nitrogens with one attached hydrogen (secondary N) is 2. The minimum atomic E-state index is 0.204. The van der Waals surface area contributed by atoms with Gasteiger partial charge >= 0.3 is 0 Å². The number of hydrazine groups is 1. The van der Waals surface area contributed by atoms with Gasteiger partial charge in [0, 0.05) is 11.1 Å². The molecule has 0 radical (unpaired) electrons. The Hall–Kier alpha value is -1.74. The lowest BCUT2D eigenvalue weighted by Gasteiger charge is -2.10. The van der Waals surface area contributed by atoms with Crippen LogP contribution in [0.1, 0.15) is 43.6 Å². The van der Waals surface area contributed by atoms with Crippen LogP contribution in [0.3, 0.4) is 0 Å². The van der Waals surface area contributed by atoms with Crippen LogP contribution in [0.4, 0.5) is 0 Å². The molecule has 2 atom stereocenters. The van der Waals surface area contributed by atoms with Gasteiger partial charge in [0.15, 0.2) is 5.82 Å². The molecular formula is C17H21ClN6OS. The van der Waals surface area contributed by atoms with Crippen LogP contribution in [-0.2, 0) is 6.61 Å². The molecule has 0 amide bonds. The molecule has 7 nitrogen and oxygen atoms in total. The van der Waals surface area contributed by atoms with Crippen molar-refractivity contribution in [3.8, 4) is 5.75 Å². The Kier molecular flexibility index (Phi) is 5.08. The first kappa shape index (κ1) is 17.7. The first-order chi connectivity index (χ1) is 12.6. The summed E-state index contributed by atoms with van der Waals surface area (Å²) in [5.74, 6) is 2.09. The molecule has 9 heteroatoms. The van der Waals surface area contributed by atoms with Crippen molar-refractivity contribution in [1.82, 2.24) is 30.7 Å². The van der Waals surface area contributed by atoms with E-state index in [9.17, 15) is 0 Å². The second kappa shape index (κ2) is 7.48.